The van der Waals surface area contributed by atoms with Gasteiger partial charge in [-0.3, -0.25) is 0 Å². The molecule has 0 N–H and O–H groups in total. The van der Waals surface area contributed by atoms with Gasteiger partial charge in [0, 0.05) is 4.47 Å². The highest BCUT2D eigenvalue weighted by Crippen LogP contribution is 2.11. The number of methoxy groups -OCH3 is 1. The Bertz CT molecular complexity index is 343. The van der Waals surface area contributed by atoms with Gasteiger partial charge in [-0.2, -0.15) is 0 Å². The predicted molar refractivity (Wildman–Crippen MR) is 61.5 cm³/mol. The van der Waals surface area contributed by atoms with Crippen LogP contribution in [0.1, 0.15) is 5.56 Å². The molecule has 0 aromatic heterocycles. The van der Waals surface area contributed by atoms with Gasteiger partial charge in [0.05, 0.1) is 7.11 Å². The van der Waals surface area contributed by atoms with Crippen molar-refractivity contribution in [2.45, 2.75) is 0 Å². The van der Waals surface area contributed by atoms with Crippen LogP contribution >= 0.6 is 15.9 Å². The normalized spacial score (nSPS) is 10.3. The highest BCUT2D eigenvalue weighted by molar-refractivity contribution is 9.10. The molecule has 1 aromatic carbocycles. The fraction of sp³-hybridized carbons (Fsp3) is 0.182. The number of benzene rings is 1. The van der Waals surface area contributed by atoms with Crippen LogP contribution in [0.3, 0.4) is 0 Å². The van der Waals surface area contributed by atoms with E-state index in [9.17, 15) is 4.79 Å². The second-order valence-electron chi connectivity index (χ2n) is 2.72. The summed E-state index contributed by atoms with van der Waals surface area (Å²) >= 11 is 3.35. The highest BCUT2D eigenvalue weighted by atomic mass is 79.9. The van der Waals surface area contributed by atoms with Gasteiger partial charge in [0.15, 0.2) is 0 Å². The number of ether oxygens (including phenoxy) is 2. The summed E-state index contributed by atoms with van der Waals surface area (Å²) in [6.07, 6.45) is 2.95. The van der Waals surface area contributed by atoms with Gasteiger partial charge in [0.1, 0.15) is 6.61 Å². The zero-order valence-corrected chi connectivity index (χ0v) is 9.86. The van der Waals surface area contributed by atoms with Crippen LogP contribution in [0.15, 0.2) is 34.8 Å². The molecular formula is C11H11BrO3. The Kier molecular flexibility index (Phi) is 4.90. The average molecular weight is 271 g/mol. The van der Waals surface area contributed by atoms with E-state index in [1.54, 1.807) is 6.08 Å². The molecule has 0 fully saturated rings. The Labute approximate surface area is 96.8 Å². The molecule has 0 aliphatic heterocycles. The van der Waals surface area contributed by atoms with E-state index < -0.39 is 6.16 Å². The Morgan fingerprint density at radius 3 is 2.67 bits per heavy atom. The van der Waals surface area contributed by atoms with Crippen LogP contribution in [0.25, 0.3) is 6.08 Å². The molecular weight excluding hydrogens is 260 g/mol. The molecule has 3 nitrogen and oxygen atoms in total. The minimum absolute atomic E-state index is 0.211. The summed E-state index contributed by atoms with van der Waals surface area (Å²) in [6.45, 7) is 0.211. The summed E-state index contributed by atoms with van der Waals surface area (Å²) in [5.74, 6) is 0. The molecule has 0 radical (unpaired) electrons. The first-order valence-electron chi connectivity index (χ1n) is 4.35. The summed E-state index contributed by atoms with van der Waals surface area (Å²) in [7, 11) is 1.28. The molecule has 0 heterocycles. The summed E-state index contributed by atoms with van der Waals surface area (Å²) in [6, 6.07) is 7.80. The summed E-state index contributed by atoms with van der Waals surface area (Å²) in [5, 5.41) is 0. The molecule has 80 valence electrons. The summed E-state index contributed by atoms with van der Waals surface area (Å²) in [4.78, 5) is 10.6. The van der Waals surface area contributed by atoms with Gasteiger partial charge in [-0.15, -0.1) is 0 Å². The SMILES string of the molecule is COC(=O)OC/C=C/c1ccc(Br)cc1. The number of hydrogen-bond donors (Lipinski definition) is 0. The van der Waals surface area contributed by atoms with Crippen LogP contribution in [0.2, 0.25) is 0 Å². The third-order valence-electron chi connectivity index (χ3n) is 1.64. The lowest BCUT2D eigenvalue weighted by molar-refractivity contribution is 0.0819. The molecule has 4 heteroatoms. The molecule has 0 saturated heterocycles. The monoisotopic (exact) mass is 270 g/mol. The third-order valence-corrected chi connectivity index (χ3v) is 2.17. The lowest BCUT2D eigenvalue weighted by Crippen LogP contribution is -2.03. The number of halogens is 1. The third kappa shape index (κ3) is 4.65. The van der Waals surface area contributed by atoms with E-state index in [2.05, 4.69) is 25.4 Å². The summed E-state index contributed by atoms with van der Waals surface area (Å²) < 4.78 is 10.0. The van der Waals surface area contributed by atoms with Gasteiger partial charge >= 0.3 is 6.16 Å². The number of carbonyl (C=O) groups is 1. The molecule has 0 aliphatic carbocycles. The van der Waals surface area contributed by atoms with Crippen LogP contribution in [-0.4, -0.2) is 19.9 Å². The minimum Gasteiger partial charge on any atom is -0.438 e. The van der Waals surface area contributed by atoms with E-state index in [-0.39, 0.29) is 6.61 Å². The Hall–Kier alpha value is -1.29. The Balaban J connectivity index is 2.38. The minimum atomic E-state index is -0.671. The van der Waals surface area contributed by atoms with Gasteiger partial charge in [-0.25, -0.2) is 4.79 Å². The van der Waals surface area contributed by atoms with Crippen LogP contribution in [0.5, 0.6) is 0 Å². The van der Waals surface area contributed by atoms with Crippen LogP contribution < -0.4 is 0 Å². The first kappa shape index (κ1) is 11.8. The highest BCUT2D eigenvalue weighted by Gasteiger charge is 1.95. The number of hydrogen-bond acceptors (Lipinski definition) is 3. The molecule has 0 aliphatic rings. The predicted octanol–water partition coefficient (Wildman–Crippen LogP) is 3.25. The van der Waals surface area contributed by atoms with Crippen molar-refractivity contribution in [2.24, 2.45) is 0 Å². The van der Waals surface area contributed by atoms with E-state index in [1.807, 2.05) is 30.3 Å². The molecule has 0 amide bonds. The fourth-order valence-corrected chi connectivity index (χ4v) is 1.20. The lowest BCUT2D eigenvalue weighted by Gasteiger charge is -1.98. The first-order valence-corrected chi connectivity index (χ1v) is 5.14. The van der Waals surface area contributed by atoms with Gasteiger partial charge in [-0.05, 0) is 23.8 Å². The van der Waals surface area contributed by atoms with Crippen molar-refractivity contribution in [1.29, 1.82) is 0 Å². The van der Waals surface area contributed by atoms with E-state index >= 15 is 0 Å². The van der Waals surface area contributed by atoms with Crippen molar-refractivity contribution in [1.82, 2.24) is 0 Å². The Morgan fingerprint density at radius 2 is 2.07 bits per heavy atom. The molecule has 0 spiro atoms. The Morgan fingerprint density at radius 1 is 1.40 bits per heavy atom. The van der Waals surface area contributed by atoms with Gasteiger partial charge in [-0.1, -0.05) is 34.1 Å². The molecule has 1 aromatic rings. The second-order valence-corrected chi connectivity index (χ2v) is 3.63. The smallest absolute Gasteiger partial charge is 0.438 e. The lowest BCUT2D eigenvalue weighted by atomic mass is 10.2. The first-order chi connectivity index (χ1) is 7.22. The molecule has 0 unspecified atom stereocenters. The molecule has 15 heavy (non-hydrogen) atoms. The summed E-state index contributed by atoms with van der Waals surface area (Å²) in [5.41, 5.74) is 1.05. The molecule has 1 rings (SSSR count). The van der Waals surface area contributed by atoms with E-state index in [1.165, 1.54) is 7.11 Å². The van der Waals surface area contributed by atoms with Gasteiger partial charge in [0.2, 0.25) is 0 Å². The van der Waals surface area contributed by atoms with Gasteiger partial charge < -0.3 is 9.47 Å². The zero-order chi connectivity index (χ0) is 11.1. The maximum atomic E-state index is 10.6. The number of rotatable bonds is 3. The van der Waals surface area contributed by atoms with Crippen LogP contribution in [-0.2, 0) is 9.47 Å². The standard InChI is InChI=1S/C11H11BrO3/c1-14-11(13)15-8-2-3-9-4-6-10(12)7-5-9/h2-7H,8H2,1H3/b3-2+. The van der Waals surface area contributed by atoms with Crippen molar-refractivity contribution in [2.75, 3.05) is 13.7 Å². The van der Waals surface area contributed by atoms with Crippen LogP contribution in [0.4, 0.5) is 4.79 Å². The quantitative estimate of drug-likeness (QED) is 0.791. The topological polar surface area (TPSA) is 35.5 Å². The molecule has 0 saturated carbocycles. The second kappa shape index (κ2) is 6.24. The molecule has 0 atom stereocenters. The van der Waals surface area contributed by atoms with Crippen LogP contribution in [0, 0.1) is 0 Å². The largest absolute Gasteiger partial charge is 0.508 e. The van der Waals surface area contributed by atoms with Crippen molar-refractivity contribution in [3.8, 4) is 0 Å². The van der Waals surface area contributed by atoms with E-state index in [4.69, 9.17) is 0 Å². The van der Waals surface area contributed by atoms with E-state index in [0.717, 1.165) is 10.0 Å². The maximum absolute atomic E-state index is 10.6. The fourth-order valence-electron chi connectivity index (χ4n) is 0.933. The van der Waals surface area contributed by atoms with Crippen molar-refractivity contribution in [3.05, 3.63) is 40.4 Å². The van der Waals surface area contributed by atoms with E-state index in [0.29, 0.717) is 0 Å². The average Bonchev–Trinajstić information content (AvgIpc) is 2.26. The van der Waals surface area contributed by atoms with Crippen molar-refractivity contribution < 1.29 is 14.3 Å². The van der Waals surface area contributed by atoms with Gasteiger partial charge in [0.25, 0.3) is 0 Å². The van der Waals surface area contributed by atoms with Crippen molar-refractivity contribution in [3.63, 3.8) is 0 Å². The molecule has 0 bridgehead atoms. The zero-order valence-electron chi connectivity index (χ0n) is 8.27. The number of carbonyl (C=O) groups excluding carboxylic acids is 1. The maximum Gasteiger partial charge on any atom is 0.508 e. The van der Waals surface area contributed by atoms with Crippen molar-refractivity contribution >= 4 is 28.2 Å².